The van der Waals surface area contributed by atoms with Gasteiger partial charge in [-0.3, -0.25) is 0 Å². The highest BCUT2D eigenvalue weighted by Gasteiger charge is 2.77. The number of ether oxygens (including phenoxy) is 2. The zero-order valence-electron chi connectivity index (χ0n) is 21.6. The summed E-state index contributed by atoms with van der Waals surface area (Å²) in [5, 5.41) is 0. The molecule has 8 fully saturated rings. The van der Waals surface area contributed by atoms with Gasteiger partial charge in [0.25, 0.3) is 0 Å². The highest BCUT2D eigenvalue weighted by molar-refractivity contribution is 5.27. The van der Waals surface area contributed by atoms with Gasteiger partial charge in [-0.25, -0.2) is 0 Å². The van der Waals surface area contributed by atoms with E-state index in [-0.39, 0.29) is 0 Å². The molecule has 2 saturated heterocycles. The first-order valence-corrected chi connectivity index (χ1v) is 15.5. The van der Waals surface area contributed by atoms with Gasteiger partial charge in [0.2, 0.25) is 0 Å². The van der Waals surface area contributed by atoms with Crippen LogP contribution in [0, 0.1) is 94.7 Å². The molecule has 0 aromatic carbocycles. The van der Waals surface area contributed by atoms with Crippen molar-refractivity contribution in [1.29, 1.82) is 0 Å². The molecule has 6 saturated carbocycles. The van der Waals surface area contributed by atoms with Crippen LogP contribution in [-0.2, 0) is 9.47 Å². The smallest absolute Gasteiger partial charge is 0.0648 e. The van der Waals surface area contributed by atoms with Gasteiger partial charge in [0.15, 0.2) is 0 Å². The van der Waals surface area contributed by atoms with Crippen molar-refractivity contribution in [3.05, 3.63) is 12.2 Å². The van der Waals surface area contributed by atoms with Crippen molar-refractivity contribution in [3.63, 3.8) is 0 Å². The Kier molecular flexibility index (Phi) is 4.23. The van der Waals surface area contributed by atoms with Gasteiger partial charge in [-0.15, -0.1) is 0 Å². The summed E-state index contributed by atoms with van der Waals surface area (Å²) in [6, 6.07) is 0. The fourth-order valence-electron chi connectivity index (χ4n) is 13.4. The SMILES string of the molecule is CC1CCC(C(C)C)C(OCC2CC3CC2C2C4OC(C32)C2C3CC(C5C6C=CC(C6)C35)C42)C1. The molecule has 7 aliphatic carbocycles. The van der Waals surface area contributed by atoms with E-state index in [1.54, 1.807) is 6.42 Å². The normalized spacial score (nSPS) is 65.5. The second-order valence-electron chi connectivity index (χ2n) is 15.4. The van der Waals surface area contributed by atoms with Gasteiger partial charge in [0, 0.05) is 0 Å². The third-order valence-corrected chi connectivity index (χ3v) is 14.1. The van der Waals surface area contributed by atoms with Crippen molar-refractivity contribution in [2.24, 2.45) is 94.7 Å². The van der Waals surface area contributed by atoms with Crippen molar-refractivity contribution in [1.82, 2.24) is 0 Å². The van der Waals surface area contributed by atoms with Crippen molar-refractivity contribution >= 4 is 0 Å². The van der Waals surface area contributed by atoms with Crippen LogP contribution in [0.15, 0.2) is 12.2 Å². The second kappa shape index (κ2) is 6.94. The standard InChI is InChI=1S/C32H46O2/c1-14(2)20-7-4-15(3)8-24(20)33-13-19-10-18-11-21(19)28-27(18)31-29-22-12-23(30(29)32(28)34-31)26-17-6-5-16(9-17)25(22)26/h5-6,14-32H,4,7-13H2,1-3H3. The van der Waals surface area contributed by atoms with Crippen LogP contribution in [0.1, 0.15) is 65.7 Å². The van der Waals surface area contributed by atoms with Crippen molar-refractivity contribution < 1.29 is 9.47 Å². The van der Waals surface area contributed by atoms with Crippen LogP contribution in [0.4, 0.5) is 0 Å². The number of hydrogen-bond acceptors (Lipinski definition) is 2. The summed E-state index contributed by atoms with van der Waals surface area (Å²) in [5.41, 5.74) is 0. The second-order valence-corrected chi connectivity index (χ2v) is 15.4. The summed E-state index contributed by atoms with van der Waals surface area (Å²) < 4.78 is 13.9. The highest BCUT2D eigenvalue weighted by atomic mass is 16.5. The van der Waals surface area contributed by atoms with Gasteiger partial charge in [0.05, 0.1) is 24.9 Å². The van der Waals surface area contributed by atoms with Crippen LogP contribution in [0.25, 0.3) is 0 Å². The Hall–Kier alpha value is -0.340. The van der Waals surface area contributed by atoms with E-state index >= 15 is 0 Å². The fraction of sp³-hybridized carbons (Fsp3) is 0.938. The van der Waals surface area contributed by atoms with E-state index in [0.29, 0.717) is 18.3 Å². The lowest BCUT2D eigenvalue weighted by Gasteiger charge is -2.48. The fourth-order valence-corrected chi connectivity index (χ4v) is 13.4. The summed E-state index contributed by atoms with van der Waals surface area (Å²) >= 11 is 0. The molecule has 2 heteroatoms. The van der Waals surface area contributed by atoms with Crippen LogP contribution < -0.4 is 0 Å². The van der Waals surface area contributed by atoms with Crippen molar-refractivity contribution in [3.8, 4) is 0 Å². The van der Waals surface area contributed by atoms with Gasteiger partial charge < -0.3 is 9.47 Å². The molecule has 0 amide bonds. The molecule has 0 N–H and O–H groups in total. The molecule has 8 bridgehead atoms. The molecular formula is C32H46O2. The maximum atomic E-state index is 7.07. The Morgan fingerprint density at radius 3 is 2.21 bits per heavy atom. The molecule has 2 aliphatic heterocycles. The third kappa shape index (κ3) is 2.43. The van der Waals surface area contributed by atoms with E-state index in [9.17, 15) is 0 Å². The molecule has 0 aromatic heterocycles. The van der Waals surface area contributed by atoms with Crippen LogP contribution >= 0.6 is 0 Å². The van der Waals surface area contributed by atoms with E-state index < -0.39 is 0 Å². The minimum absolute atomic E-state index is 0.521. The maximum Gasteiger partial charge on any atom is 0.0648 e. The van der Waals surface area contributed by atoms with E-state index in [4.69, 9.17) is 9.47 Å². The summed E-state index contributed by atoms with van der Waals surface area (Å²) in [6.45, 7) is 8.35. The Labute approximate surface area is 207 Å². The summed E-state index contributed by atoms with van der Waals surface area (Å²) in [7, 11) is 0. The van der Waals surface area contributed by atoms with Crippen LogP contribution in [0.3, 0.4) is 0 Å². The van der Waals surface area contributed by atoms with Crippen LogP contribution in [0.2, 0.25) is 0 Å². The molecule has 9 rings (SSSR count). The first-order chi connectivity index (χ1) is 16.6. The van der Waals surface area contributed by atoms with Gasteiger partial charge >= 0.3 is 0 Å². The van der Waals surface area contributed by atoms with Crippen molar-refractivity contribution in [2.75, 3.05) is 6.61 Å². The van der Waals surface area contributed by atoms with Crippen LogP contribution in [-0.4, -0.2) is 24.9 Å². The van der Waals surface area contributed by atoms with E-state index in [2.05, 4.69) is 32.9 Å². The Bertz CT molecular complexity index is 893. The average Bonchev–Trinajstić information content (AvgIpc) is 3.66. The minimum Gasteiger partial charge on any atom is -0.378 e. The lowest BCUT2D eigenvalue weighted by molar-refractivity contribution is -0.0688. The first-order valence-electron chi connectivity index (χ1n) is 15.5. The highest BCUT2D eigenvalue weighted by Crippen LogP contribution is 2.77. The van der Waals surface area contributed by atoms with Gasteiger partial charge in [-0.05, 0) is 133 Å². The van der Waals surface area contributed by atoms with Crippen LogP contribution in [0.5, 0.6) is 0 Å². The summed E-state index contributed by atoms with van der Waals surface area (Å²) in [4.78, 5) is 0. The zero-order chi connectivity index (χ0) is 22.5. The lowest BCUT2D eigenvalue weighted by atomic mass is 9.54. The summed E-state index contributed by atoms with van der Waals surface area (Å²) in [5.74, 6) is 14.8. The monoisotopic (exact) mass is 462 g/mol. The molecule has 9 aliphatic rings. The quantitative estimate of drug-likeness (QED) is 0.353. The predicted molar refractivity (Wildman–Crippen MR) is 133 cm³/mol. The van der Waals surface area contributed by atoms with E-state index in [1.807, 2.05) is 0 Å². The molecule has 0 aromatic rings. The molecule has 2 heterocycles. The third-order valence-electron chi connectivity index (χ3n) is 14.1. The molecular weight excluding hydrogens is 416 g/mol. The zero-order valence-corrected chi connectivity index (χ0v) is 21.6. The van der Waals surface area contributed by atoms with E-state index in [1.165, 1.54) is 38.5 Å². The molecule has 18 atom stereocenters. The Balaban J connectivity index is 0.934. The largest absolute Gasteiger partial charge is 0.378 e. The van der Waals surface area contributed by atoms with Gasteiger partial charge in [-0.2, -0.15) is 0 Å². The molecule has 18 unspecified atom stereocenters. The lowest BCUT2D eigenvalue weighted by Crippen LogP contribution is -2.50. The number of hydrogen-bond donors (Lipinski definition) is 0. The average molecular weight is 463 g/mol. The Morgan fingerprint density at radius 1 is 0.765 bits per heavy atom. The topological polar surface area (TPSA) is 18.5 Å². The molecule has 34 heavy (non-hydrogen) atoms. The molecule has 186 valence electrons. The Morgan fingerprint density at radius 2 is 1.47 bits per heavy atom. The molecule has 2 nitrogen and oxygen atoms in total. The minimum atomic E-state index is 0.521. The van der Waals surface area contributed by atoms with Gasteiger partial charge in [-0.1, -0.05) is 39.3 Å². The number of allylic oxidation sites excluding steroid dienone is 2. The molecule has 0 spiro atoms. The number of rotatable bonds is 4. The van der Waals surface area contributed by atoms with Gasteiger partial charge in [0.1, 0.15) is 0 Å². The number of fused-ring (bicyclic) bond motifs is 23. The van der Waals surface area contributed by atoms with E-state index in [0.717, 1.165) is 101 Å². The predicted octanol–water partition coefficient (Wildman–Crippen LogP) is 6.45. The van der Waals surface area contributed by atoms with Crippen molar-refractivity contribution in [2.45, 2.75) is 84.0 Å². The first kappa shape index (κ1) is 20.7. The summed E-state index contributed by atoms with van der Waals surface area (Å²) in [6.07, 6.45) is 17.2. The maximum absolute atomic E-state index is 7.07. The molecule has 0 radical (unpaired) electrons.